The van der Waals surface area contributed by atoms with Crippen molar-refractivity contribution in [3.8, 4) is 0 Å². The number of nitrogen functional groups attached to an aromatic ring is 1. The van der Waals surface area contributed by atoms with Gasteiger partial charge in [0.15, 0.2) is 0 Å². The summed E-state index contributed by atoms with van der Waals surface area (Å²) in [5, 5.41) is 3.31. The number of hydrogen-bond acceptors (Lipinski definition) is 2. The van der Waals surface area contributed by atoms with E-state index in [1.807, 2.05) is 19.1 Å². The van der Waals surface area contributed by atoms with Crippen LogP contribution in [0.1, 0.15) is 15.9 Å². The molecular formula is C14H12BrClN2O. The first kappa shape index (κ1) is 13.9. The van der Waals surface area contributed by atoms with Gasteiger partial charge < -0.3 is 11.1 Å². The summed E-state index contributed by atoms with van der Waals surface area (Å²) in [7, 11) is 0. The Morgan fingerprint density at radius 1 is 1.32 bits per heavy atom. The van der Waals surface area contributed by atoms with Gasteiger partial charge in [-0.2, -0.15) is 0 Å². The molecule has 3 N–H and O–H groups in total. The molecule has 0 spiro atoms. The second-order valence-corrected chi connectivity index (χ2v) is 5.39. The van der Waals surface area contributed by atoms with Crippen LogP contribution in [0.25, 0.3) is 0 Å². The standard InChI is InChI=1S/C14H12BrClN2O/c1-8-10(3-2-4-11(8)15)14(19)18-13-6-5-9(16)7-12(13)17/h2-7H,17H2,1H3,(H,18,19). The topological polar surface area (TPSA) is 55.1 Å². The van der Waals surface area contributed by atoms with E-state index in [2.05, 4.69) is 21.2 Å². The minimum absolute atomic E-state index is 0.201. The van der Waals surface area contributed by atoms with Gasteiger partial charge in [-0.25, -0.2) is 0 Å². The normalized spacial score (nSPS) is 10.3. The Balaban J connectivity index is 2.28. The molecule has 0 saturated carbocycles. The fraction of sp³-hybridized carbons (Fsp3) is 0.0714. The molecule has 2 aromatic carbocycles. The van der Waals surface area contributed by atoms with Crippen molar-refractivity contribution in [3.05, 3.63) is 57.0 Å². The van der Waals surface area contributed by atoms with Crippen molar-refractivity contribution in [3.63, 3.8) is 0 Å². The molecule has 3 nitrogen and oxygen atoms in total. The van der Waals surface area contributed by atoms with Crippen LogP contribution in [0.5, 0.6) is 0 Å². The third-order valence-electron chi connectivity index (χ3n) is 2.77. The first-order chi connectivity index (χ1) is 8.99. The number of anilines is 2. The van der Waals surface area contributed by atoms with E-state index in [-0.39, 0.29) is 5.91 Å². The Kier molecular flexibility index (Phi) is 4.12. The second kappa shape index (κ2) is 5.63. The maximum Gasteiger partial charge on any atom is 0.256 e. The molecule has 0 heterocycles. The van der Waals surface area contributed by atoms with Crippen molar-refractivity contribution in [1.29, 1.82) is 0 Å². The molecule has 0 unspecified atom stereocenters. The molecule has 0 aliphatic carbocycles. The summed E-state index contributed by atoms with van der Waals surface area (Å²) >= 11 is 9.22. The predicted octanol–water partition coefficient (Wildman–Crippen LogP) is 4.25. The molecule has 0 aliphatic heterocycles. The van der Waals surface area contributed by atoms with Gasteiger partial charge in [0.05, 0.1) is 11.4 Å². The highest BCUT2D eigenvalue weighted by Crippen LogP contribution is 2.25. The summed E-state index contributed by atoms with van der Waals surface area (Å²) in [5.41, 5.74) is 8.28. The van der Waals surface area contributed by atoms with E-state index in [4.69, 9.17) is 17.3 Å². The SMILES string of the molecule is Cc1c(Br)cccc1C(=O)Nc1ccc(Cl)cc1N. The Hall–Kier alpha value is -1.52. The van der Waals surface area contributed by atoms with Gasteiger partial charge in [0.25, 0.3) is 5.91 Å². The van der Waals surface area contributed by atoms with E-state index in [0.29, 0.717) is 22.0 Å². The number of hydrogen-bond donors (Lipinski definition) is 2. The minimum atomic E-state index is -0.201. The highest BCUT2D eigenvalue weighted by Gasteiger charge is 2.12. The Bertz CT molecular complexity index is 643. The number of halogens is 2. The van der Waals surface area contributed by atoms with Crippen molar-refractivity contribution in [1.82, 2.24) is 0 Å². The zero-order valence-corrected chi connectivity index (χ0v) is 12.5. The summed E-state index contributed by atoms with van der Waals surface area (Å²) in [5.74, 6) is -0.201. The molecule has 19 heavy (non-hydrogen) atoms. The number of amides is 1. The van der Waals surface area contributed by atoms with Crippen molar-refractivity contribution < 1.29 is 4.79 Å². The third-order valence-corrected chi connectivity index (χ3v) is 3.87. The molecule has 98 valence electrons. The average molecular weight is 340 g/mol. The largest absolute Gasteiger partial charge is 0.397 e. The predicted molar refractivity (Wildman–Crippen MR) is 82.7 cm³/mol. The summed E-state index contributed by atoms with van der Waals surface area (Å²) in [6.07, 6.45) is 0. The second-order valence-electron chi connectivity index (χ2n) is 4.10. The van der Waals surface area contributed by atoms with Gasteiger partial charge in [-0.1, -0.05) is 33.6 Å². The maximum absolute atomic E-state index is 12.2. The zero-order valence-electron chi connectivity index (χ0n) is 10.2. The summed E-state index contributed by atoms with van der Waals surface area (Å²) in [6.45, 7) is 1.88. The van der Waals surface area contributed by atoms with Gasteiger partial charge in [0, 0.05) is 15.1 Å². The summed E-state index contributed by atoms with van der Waals surface area (Å²) in [6, 6.07) is 10.4. The van der Waals surface area contributed by atoms with Crippen molar-refractivity contribution >= 4 is 44.8 Å². The number of rotatable bonds is 2. The van der Waals surface area contributed by atoms with Crippen LogP contribution < -0.4 is 11.1 Å². The van der Waals surface area contributed by atoms with E-state index in [1.54, 1.807) is 24.3 Å². The lowest BCUT2D eigenvalue weighted by atomic mass is 10.1. The number of carbonyl (C=O) groups is 1. The Morgan fingerprint density at radius 3 is 2.74 bits per heavy atom. The fourth-order valence-corrected chi connectivity index (χ4v) is 2.24. The van der Waals surface area contributed by atoms with Gasteiger partial charge in [-0.15, -0.1) is 0 Å². The lowest BCUT2D eigenvalue weighted by Crippen LogP contribution is -2.14. The van der Waals surface area contributed by atoms with E-state index >= 15 is 0 Å². The molecule has 5 heteroatoms. The molecule has 0 fully saturated rings. The molecule has 0 saturated heterocycles. The van der Waals surface area contributed by atoms with Gasteiger partial charge >= 0.3 is 0 Å². The van der Waals surface area contributed by atoms with Gasteiger partial charge in [-0.05, 0) is 42.8 Å². The Morgan fingerprint density at radius 2 is 2.05 bits per heavy atom. The fourth-order valence-electron chi connectivity index (χ4n) is 1.69. The quantitative estimate of drug-likeness (QED) is 0.804. The van der Waals surface area contributed by atoms with Gasteiger partial charge in [0.1, 0.15) is 0 Å². The van der Waals surface area contributed by atoms with Crippen LogP contribution >= 0.6 is 27.5 Å². The molecule has 0 aliphatic rings. The van der Waals surface area contributed by atoms with Crippen LogP contribution in [0, 0.1) is 6.92 Å². The third kappa shape index (κ3) is 3.08. The molecule has 2 rings (SSSR count). The van der Waals surface area contributed by atoms with Crippen molar-refractivity contribution in [2.45, 2.75) is 6.92 Å². The molecule has 0 aromatic heterocycles. The van der Waals surface area contributed by atoms with E-state index in [0.717, 1.165) is 10.0 Å². The van der Waals surface area contributed by atoms with Crippen LogP contribution in [0.4, 0.5) is 11.4 Å². The Labute approximate surface area is 124 Å². The smallest absolute Gasteiger partial charge is 0.256 e. The lowest BCUT2D eigenvalue weighted by Gasteiger charge is -2.10. The number of nitrogens with two attached hydrogens (primary N) is 1. The monoisotopic (exact) mass is 338 g/mol. The summed E-state index contributed by atoms with van der Waals surface area (Å²) < 4.78 is 0.893. The van der Waals surface area contributed by atoms with Crippen molar-refractivity contribution in [2.75, 3.05) is 11.1 Å². The highest BCUT2D eigenvalue weighted by molar-refractivity contribution is 9.10. The molecule has 0 bridgehead atoms. The van der Waals surface area contributed by atoms with Crippen LogP contribution in [0.2, 0.25) is 5.02 Å². The lowest BCUT2D eigenvalue weighted by molar-refractivity contribution is 0.102. The van der Waals surface area contributed by atoms with E-state index in [9.17, 15) is 4.79 Å². The van der Waals surface area contributed by atoms with Crippen LogP contribution in [0.15, 0.2) is 40.9 Å². The van der Waals surface area contributed by atoms with E-state index < -0.39 is 0 Å². The first-order valence-corrected chi connectivity index (χ1v) is 6.77. The zero-order chi connectivity index (χ0) is 14.0. The number of benzene rings is 2. The first-order valence-electron chi connectivity index (χ1n) is 5.60. The molecule has 2 aromatic rings. The van der Waals surface area contributed by atoms with Gasteiger partial charge in [-0.3, -0.25) is 4.79 Å². The molecule has 0 radical (unpaired) electrons. The average Bonchev–Trinajstić information content (AvgIpc) is 2.36. The van der Waals surface area contributed by atoms with Crippen LogP contribution in [0.3, 0.4) is 0 Å². The highest BCUT2D eigenvalue weighted by atomic mass is 79.9. The van der Waals surface area contributed by atoms with Crippen LogP contribution in [-0.2, 0) is 0 Å². The molecular weight excluding hydrogens is 328 g/mol. The maximum atomic E-state index is 12.2. The summed E-state index contributed by atoms with van der Waals surface area (Å²) in [4.78, 5) is 12.2. The van der Waals surface area contributed by atoms with Gasteiger partial charge in [0.2, 0.25) is 0 Å². The minimum Gasteiger partial charge on any atom is -0.397 e. The number of carbonyl (C=O) groups excluding carboxylic acids is 1. The van der Waals surface area contributed by atoms with E-state index in [1.165, 1.54) is 0 Å². The molecule has 0 atom stereocenters. The van der Waals surface area contributed by atoms with Crippen molar-refractivity contribution in [2.24, 2.45) is 0 Å². The number of nitrogens with one attached hydrogen (secondary N) is 1. The van der Waals surface area contributed by atoms with Crippen LogP contribution in [-0.4, -0.2) is 5.91 Å². The molecule has 1 amide bonds.